The van der Waals surface area contributed by atoms with Gasteiger partial charge in [0.05, 0.1) is 11.9 Å². The van der Waals surface area contributed by atoms with Gasteiger partial charge in [-0.1, -0.05) is 12.2 Å². The highest BCUT2D eigenvalue weighted by atomic mass is 32.2. The molecule has 152 valence electrons. The Morgan fingerprint density at radius 3 is 2.50 bits per heavy atom. The molecule has 0 bridgehead atoms. The number of aryl methyl sites for hydroxylation is 1. The van der Waals surface area contributed by atoms with E-state index < -0.39 is 22.2 Å². The molecule has 1 aromatic heterocycles. The highest BCUT2D eigenvalue weighted by molar-refractivity contribution is 7.92. The van der Waals surface area contributed by atoms with Crippen molar-refractivity contribution in [2.45, 2.75) is 25.7 Å². The van der Waals surface area contributed by atoms with E-state index in [1.54, 1.807) is 19.1 Å². The first-order valence-corrected chi connectivity index (χ1v) is 10.2. The van der Waals surface area contributed by atoms with Crippen LogP contribution in [-0.4, -0.2) is 33.9 Å². The largest absolute Gasteiger partial charge is 0.456 e. The first-order valence-electron chi connectivity index (χ1n) is 8.35. The molecule has 1 unspecified atom stereocenters. The minimum Gasteiger partial charge on any atom is -0.456 e. The van der Waals surface area contributed by atoms with E-state index in [1.807, 2.05) is 0 Å². The van der Waals surface area contributed by atoms with E-state index in [2.05, 4.69) is 5.32 Å². The molecule has 0 amide bonds. The second-order valence-corrected chi connectivity index (χ2v) is 8.63. The summed E-state index contributed by atoms with van der Waals surface area (Å²) in [5.74, 6) is 0.404. The molecule has 2 aromatic rings. The molecule has 6 nitrogen and oxygen atoms in total. The summed E-state index contributed by atoms with van der Waals surface area (Å²) >= 11 is 0. The summed E-state index contributed by atoms with van der Waals surface area (Å²) in [7, 11) is -2.09. The fourth-order valence-corrected chi connectivity index (χ4v) is 3.57. The van der Waals surface area contributed by atoms with Crippen LogP contribution >= 0.6 is 0 Å². The van der Waals surface area contributed by atoms with Gasteiger partial charge in [0.25, 0.3) is 0 Å². The number of sulfonamides is 1. The number of alkyl halides is 3. The summed E-state index contributed by atoms with van der Waals surface area (Å²) < 4.78 is 69.1. The van der Waals surface area contributed by atoms with E-state index in [9.17, 15) is 21.6 Å². The molecule has 2 heterocycles. The van der Waals surface area contributed by atoms with Crippen molar-refractivity contribution in [2.75, 3.05) is 17.6 Å². The minimum atomic E-state index is -4.39. The van der Waals surface area contributed by atoms with Crippen LogP contribution in [0.1, 0.15) is 16.9 Å². The minimum absolute atomic E-state index is 0.114. The summed E-state index contributed by atoms with van der Waals surface area (Å²) in [6.07, 6.45) is 0.332. The molecule has 0 fully saturated rings. The van der Waals surface area contributed by atoms with Gasteiger partial charge in [-0.05, 0) is 18.6 Å². The molecular weight excluding hydrogens is 395 g/mol. The van der Waals surface area contributed by atoms with Crippen LogP contribution in [0.15, 0.2) is 34.9 Å². The molecule has 1 atom stereocenters. The van der Waals surface area contributed by atoms with Crippen molar-refractivity contribution in [1.29, 1.82) is 0 Å². The third kappa shape index (κ3) is 3.61. The van der Waals surface area contributed by atoms with E-state index in [0.717, 1.165) is 22.2 Å². The van der Waals surface area contributed by atoms with Gasteiger partial charge in [-0.2, -0.15) is 13.2 Å². The Kier molecular flexibility index (Phi) is 4.96. The summed E-state index contributed by atoms with van der Waals surface area (Å²) in [4.78, 5) is 0. The van der Waals surface area contributed by atoms with E-state index in [1.165, 1.54) is 19.3 Å². The van der Waals surface area contributed by atoms with Gasteiger partial charge >= 0.3 is 6.18 Å². The number of dihydropyridines is 1. The molecule has 1 aliphatic rings. The number of nitrogens with zero attached hydrogens (tertiary/aromatic N) is 1. The van der Waals surface area contributed by atoms with Gasteiger partial charge in [-0.25, -0.2) is 8.42 Å². The number of hydrogen-bond donors (Lipinski definition) is 2. The third-order valence-electron chi connectivity index (χ3n) is 4.70. The maximum Gasteiger partial charge on any atom is 0.412 e. The first kappa shape index (κ1) is 20.3. The highest BCUT2D eigenvalue weighted by Crippen LogP contribution is 2.36. The molecule has 1 aromatic carbocycles. The van der Waals surface area contributed by atoms with Crippen LogP contribution in [0.25, 0.3) is 16.5 Å². The summed E-state index contributed by atoms with van der Waals surface area (Å²) in [5.41, 5.74) is 8.39. The van der Waals surface area contributed by atoms with Crippen molar-refractivity contribution < 1.29 is 26.0 Å². The summed E-state index contributed by atoms with van der Waals surface area (Å²) in [6, 6.07) is 1.57. The van der Waals surface area contributed by atoms with Crippen LogP contribution in [0, 0.1) is 6.92 Å². The van der Waals surface area contributed by atoms with Crippen molar-refractivity contribution in [3.05, 3.63) is 47.4 Å². The van der Waals surface area contributed by atoms with Crippen molar-refractivity contribution in [1.82, 2.24) is 5.32 Å². The molecular formula is C18H20F3N3O3S. The van der Waals surface area contributed by atoms with E-state index in [0.29, 0.717) is 33.6 Å². The maximum absolute atomic E-state index is 12.8. The van der Waals surface area contributed by atoms with Crippen LogP contribution in [0.2, 0.25) is 0 Å². The quantitative estimate of drug-likeness (QED) is 0.801. The van der Waals surface area contributed by atoms with Gasteiger partial charge in [0, 0.05) is 42.4 Å². The standard InChI is InChI=1S/C18H20F3N3O3S/c1-10-13-6-12(8-22)14(24(2)28(3,25)26)7-15(13)27-17(10)11-4-5-16(23-9-11)18(19,20)21/h4-7,9,16,23H,8,22H2,1-3H3. The Bertz CT molecular complexity index is 1080. The lowest BCUT2D eigenvalue weighted by molar-refractivity contribution is -0.142. The molecule has 0 saturated heterocycles. The molecule has 3 rings (SSSR count). The number of nitrogens with two attached hydrogens (primary N) is 1. The predicted octanol–water partition coefficient (Wildman–Crippen LogP) is 3.03. The number of halogens is 3. The molecule has 0 spiro atoms. The van der Waals surface area contributed by atoms with Crippen LogP contribution in [0.5, 0.6) is 0 Å². The number of hydrogen-bond acceptors (Lipinski definition) is 5. The number of nitrogens with one attached hydrogen (secondary N) is 1. The van der Waals surface area contributed by atoms with Gasteiger partial charge in [-0.15, -0.1) is 0 Å². The summed E-state index contributed by atoms with van der Waals surface area (Å²) in [5, 5.41) is 3.03. The monoisotopic (exact) mass is 415 g/mol. The van der Waals surface area contributed by atoms with Crippen LogP contribution in [-0.2, 0) is 16.6 Å². The lowest BCUT2D eigenvalue weighted by Gasteiger charge is -2.20. The van der Waals surface area contributed by atoms with Gasteiger partial charge in [-0.3, -0.25) is 4.31 Å². The fraction of sp³-hybridized carbons (Fsp3) is 0.333. The second-order valence-electron chi connectivity index (χ2n) is 6.61. The van der Waals surface area contributed by atoms with Crippen LogP contribution in [0.3, 0.4) is 0 Å². The zero-order valence-corrected chi connectivity index (χ0v) is 16.3. The molecule has 0 aliphatic carbocycles. The van der Waals surface area contributed by atoms with E-state index in [4.69, 9.17) is 10.2 Å². The smallest absolute Gasteiger partial charge is 0.412 e. The van der Waals surface area contributed by atoms with Gasteiger partial charge in [0.2, 0.25) is 10.0 Å². The van der Waals surface area contributed by atoms with E-state index in [-0.39, 0.29) is 6.54 Å². The lowest BCUT2D eigenvalue weighted by atomic mass is 10.0. The topological polar surface area (TPSA) is 88.6 Å². The fourth-order valence-electron chi connectivity index (χ4n) is 3.04. The van der Waals surface area contributed by atoms with Crippen molar-refractivity contribution in [3.63, 3.8) is 0 Å². The third-order valence-corrected chi connectivity index (χ3v) is 5.89. The number of rotatable bonds is 4. The zero-order chi connectivity index (χ0) is 20.9. The van der Waals surface area contributed by atoms with Gasteiger partial charge < -0.3 is 15.5 Å². The molecule has 0 radical (unpaired) electrons. The maximum atomic E-state index is 12.8. The van der Waals surface area contributed by atoms with Gasteiger partial charge in [0.1, 0.15) is 17.4 Å². The van der Waals surface area contributed by atoms with Crippen LogP contribution in [0.4, 0.5) is 18.9 Å². The average Bonchev–Trinajstić information content (AvgIpc) is 2.94. The average molecular weight is 415 g/mol. The number of fused-ring (bicyclic) bond motifs is 1. The number of allylic oxidation sites excluding steroid dienone is 2. The zero-order valence-electron chi connectivity index (χ0n) is 15.5. The number of furan rings is 1. The second kappa shape index (κ2) is 6.85. The Morgan fingerprint density at radius 2 is 2.00 bits per heavy atom. The van der Waals surface area contributed by atoms with Crippen LogP contribution < -0.4 is 15.4 Å². The van der Waals surface area contributed by atoms with E-state index >= 15 is 0 Å². The highest BCUT2D eigenvalue weighted by Gasteiger charge is 2.38. The molecule has 1 aliphatic heterocycles. The number of benzene rings is 1. The Morgan fingerprint density at radius 1 is 1.32 bits per heavy atom. The van der Waals surface area contributed by atoms with Crippen molar-refractivity contribution in [2.24, 2.45) is 5.73 Å². The Balaban J connectivity index is 2.07. The predicted molar refractivity (Wildman–Crippen MR) is 102 cm³/mol. The SMILES string of the molecule is Cc1c(C2=CNC(C(F)(F)F)C=C2)oc2cc(N(C)S(C)(=O)=O)c(CN)cc12. The van der Waals surface area contributed by atoms with Crippen molar-refractivity contribution in [3.8, 4) is 0 Å². The molecule has 3 N–H and O–H groups in total. The first-order chi connectivity index (χ1) is 12.9. The summed E-state index contributed by atoms with van der Waals surface area (Å²) in [6.45, 7) is 1.90. The molecule has 28 heavy (non-hydrogen) atoms. The van der Waals surface area contributed by atoms with Crippen molar-refractivity contribution >= 4 is 32.3 Å². The van der Waals surface area contributed by atoms with Gasteiger partial charge in [0.15, 0.2) is 0 Å². The number of anilines is 1. The Labute approximate surface area is 160 Å². The normalized spacial score (nSPS) is 17.5. The molecule has 0 saturated carbocycles. The lowest BCUT2D eigenvalue weighted by Crippen LogP contribution is -2.39. The molecule has 10 heteroatoms. The Hall–Kier alpha value is -2.46.